The molecule has 2 rings (SSSR count). The van der Waals surface area contributed by atoms with Crippen LogP contribution in [0, 0.1) is 5.92 Å². The molecule has 134 valence electrons. The van der Waals surface area contributed by atoms with E-state index in [2.05, 4.69) is 4.98 Å². The zero-order chi connectivity index (χ0) is 17.7. The van der Waals surface area contributed by atoms with Gasteiger partial charge in [-0.05, 0) is 36.8 Å². The van der Waals surface area contributed by atoms with Crippen molar-refractivity contribution in [1.29, 1.82) is 0 Å². The zero-order valence-corrected chi connectivity index (χ0v) is 13.4. The summed E-state index contributed by atoms with van der Waals surface area (Å²) in [7, 11) is 1.53. The number of amides is 1. The molecule has 1 amide bonds. The van der Waals surface area contributed by atoms with E-state index in [1.54, 1.807) is 23.4 Å². The molecule has 0 radical (unpaired) electrons. The Morgan fingerprint density at radius 2 is 2.08 bits per heavy atom. The maximum Gasteiger partial charge on any atom is 0.414 e. The molecule has 0 bridgehead atoms. The van der Waals surface area contributed by atoms with E-state index in [1.165, 1.54) is 7.11 Å². The average Bonchev–Trinajstić information content (AvgIpc) is 2.58. The van der Waals surface area contributed by atoms with E-state index in [4.69, 9.17) is 4.74 Å². The first kappa shape index (κ1) is 18.5. The van der Waals surface area contributed by atoms with Gasteiger partial charge in [-0.3, -0.25) is 9.78 Å². The highest BCUT2D eigenvalue weighted by Crippen LogP contribution is 2.31. The van der Waals surface area contributed by atoms with Crippen LogP contribution in [0.25, 0.3) is 0 Å². The summed E-state index contributed by atoms with van der Waals surface area (Å²) < 4.78 is 42.6. The molecule has 1 aromatic rings. The number of pyridine rings is 1. The first-order valence-electron chi connectivity index (χ1n) is 7.81. The lowest BCUT2D eigenvalue weighted by molar-refractivity contribution is -0.222. The van der Waals surface area contributed by atoms with Crippen LogP contribution in [0.15, 0.2) is 18.5 Å². The number of carbonyl (C=O) groups is 1. The number of methoxy groups -OCH3 is 1. The molecule has 24 heavy (non-hydrogen) atoms. The van der Waals surface area contributed by atoms with Gasteiger partial charge < -0.3 is 14.7 Å². The van der Waals surface area contributed by atoms with E-state index >= 15 is 0 Å². The average molecular weight is 346 g/mol. The van der Waals surface area contributed by atoms with Crippen molar-refractivity contribution in [3.8, 4) is 5.75 Å². The Kier molecular flexibility index (Phi) is 6.04. The molecule has 1 atom stereocenters. The summed E-state index contributed by atoms with van der Waals surface area (Å²) in [5.41, 5.74) is 0.866. The summed E-state index contributed by atoms with van der Waals surface area (Å²) in [6.07, 6.45) is -2.60. The van der Waals surface area contributed by atoms with Crippen molar-refractivity contribution in [2.75, 3.05) is 20.2 Å². The van der Waals surface area contributed by atoms with Crippen LogP contribution in [0.2, 0.25) is 0 Å². The molecule has 0 saturated carbocycles. The first-order chi connectivity index (χ1) is 11.3. The Morgan fingerprint density at radius 3 is 2.67 bits per heavy atom. The Hall–Kier alpha value is -1.83. The molecular weight excluding hydrogens is 325 g/mol. The number of piperidine rings is 1. The molecule has 1 aliphatic rings. The number of aromatic nitrogens is 1. The van der Waals surface area contributed by atoms with Gasteiger partial charge in [0, 0.05) is 25.7 Å². The number of hydrogen-bond acceptors (Lipinski definition) is 4. The van der Waals surface area contributed by atoms with Crippen molar-refractivity contribution >= 4 is 5.91 Å². The van der Waals surface area contributed by atoms with Gasteiger partial charge in [-0.15, -0.1) is 0 Å². The number of ether oxygens (including phenoxy) is 1. The highest BCUT2D eigenvalue weighted by atomic mass is 19.4. The van der Waals surface area contributed by atoms with Crippen LogP contribution >= 0.6 is 0 Å². The minimum absolute atomic E-state index is 0.0993. The lowest BCUT2D eigenvalue weighted by Crippen LogP contribution is -2.45. The van der Waals surface area contributed by atoms with E-state index < -0.39 is 18.2 Å². The van der Waals surface area contributed by atoms with Crippen molar-refractivity contribution in [1.82, 2.24) is 9.88 Å². The molecule has 1 aromatic heterocycles. The summed E-state index contributed by atoms with van der Waals surface area (Å²) in [5.74, 6) is -0.323. The van der Waals surface area contributed by atoms with Gasteiger partial charge in [-0.2, -0.15) is 13.2 Å². The molecule has 1 N–H and O–H groups in total. The number of rotatable bonds is 5. The molecule has 2 heterocycles. The first-order valence-corrected chi connectivity index (χ1v) is 7.81. The second-order valence-corrected chi connectivity index (χ2v) is 5.94. The van der Waals surface area contributed by atoms with E-state index in [0.717, 1.165) is 5.56 Å². The van der Waals surface area contributed by atoms with Crippen LogP contribution in [0.4, 0.5) is 13.2 Å². The van der Waals surface area contributed by atoms with E-state index in [-0.39, 0.29) is 38.3 Å². The van der Waals surface area contributed by atoms with Gasteiger partial charge >= 0.3 is 6.18 Å². The molecule has 1 saturated heterocycles. The minimum Gasteiger partial charge on any atom is -0.495 e. The van der Waals surface area contributed by atoms with E-state index in [0.29, 0.717) is 12.2 Å². The zero-order valence-electron chi connectivity index (χ0n) is 13.4. The van der Waals surface area contributed by atoms with Crippen LogP contribution in [-0.4, -0.2) is 53.4 Å². The third kappa shape index (κ3) is 4.83. The van der Waals surface area contributed by atoms with Crippen LogP contribution < -0.4 is 4.74 Å². The number of likely N-dealkylation sites (tertiary alicyclic amines) is 1. The third-order valence-corrected chi connectivity index (χ3v) is 4.31. The summed E-state index contributed by atoms with van der Waals surface area (Å²) in [4.78, 5) is 17.8. The molecule has 1 fully saturated rings. The van der Waals surface area contributed by atoms with Gasteiger partial charge in [0.15, 0.2) is 6.10 Å². The van der Waals surface area contributed by atoms with Gasteiger partial charge in [0.25, 0.3) is 0 Å². The summed E-state index contributed by atoms with van der Waals surface area (Å²) in [6, 6.07) is 1.80. The van der Waals surface area contributed by atoms with Gasteiger partial charge in [0.2, 0.25) is 5.91 Å². The normalized spacial score (nSPS) is 17.6. The van der Waals surface area contributed by atoms with Gasteiger partial charge in [0.05, 0.1) is 13.3 Å². The second-order valence-electron chi connectivity index (χ2n) is 5.94. The van der Waals surface area contributed by atoms with Crippen LogP contribution in [0.5, 0.6) is 5.75 Å². The topological polar surface area (TPSA) is 62.7 Å². The number of hydrogen-bond donors (Lipinski definition) is 1. The number of aryl methyl sites for hydroxylation is 1. The van der Waals surface area contributed by atoms with Crippen LogP contribution in [0.1, 0.15) is 24.8 Å². The molecule has 0 spiro atoms. The summed E-state index contributed by atoms with van der Waals surface area (Å²) in [5, 5.41) is 9.29. The van der Waals surface area contributed by atoms with Crippen LogP contribution in [0.3, 0.4) is 0 Å². The lowest BCUT2D eigenvalue weighted by Gasteiger charge is -2.34. The number of carbonyl (C=O) groups excluding carboxylic acids is 1. The van der Waals surface area contributed by atoms with Gasteiger partial charge in [-0.1, -0.05) is 0 Å². The van der Waals surface area contributed by atoms with Crippen molar-refractivity contribution in [2.45, 2.75) is 38.0 Å². The number of aliphatic hydroxyl groups is 1. The number of alkyl halides is 3. The van der Waals surface area contributed by atoms with Crippen molar-refractivity contribution in [2.24, 2.45) is 5.92 Å². The summed E-state index contributed by atoms with van der Waals surface area (Å²) >= 11 is 0. The fourth-order valence-corrected chi connectivity index (χ4v) is 2.85. The van der Waals surface area contributed by atoms with Crippen LogP contribution in [-0.2, 0) is 11.2 Å². The van der Waals surface area contributed by atoms with Crippen molar-refractivity contribution in [3.05, 3.63) is 24.0 Å². The largest absolute Gasteiger partial charge is 0.495 e. The quantitative estimate of drug-likeness (QED) is 0.888. The Morgan fingerprint density at radius 1 is 1.42 bits per heavy atom. The molecule has 0 aliphatic carbocycles. The molecule has 5 nitrogen and oxygen atoms in total. The highest BCUT2D eigenvalue weighted by Gasteiger charge is 2.44. The standard InChI is InChI=1S/C16H21F3N2O3/c1-24-13-8-11(9-20-10-13)2-3-14(22)21-6-4-12(5-7-21)15(23)16(17,18)19/h8-10,12,15,23H,2-7H2,1H3. The highest BCUT2D eigenvalue weighted by molar-refractivity contribution is 5.76. The maximum atomic E-state index is 12.5. The smallest absolute Gasteiger partial charge is 0.414 e. The van der Waals surface area contributed by atoms with E-state index in [9.17, 15) is 23.1 Å². The van der Waals surface area contributed by atoms with Gasteiger partial charge in [0.1, 0.15) is 5.75 Å². The summed E-state index contributed by atoms with van der Waals surface area (Å²) in [6.45, 7) is 0.486. The molecule has 1 aliphatic heterocycles. The van der Waals surface area contributed by atoms with Crippen molar-refractivity contribution in [3.63, 3.8) is 0 Å². The van der Waals surface area contributed by atoms with E-state index in [1.807, 2.05) is 0 Å². The van der Waals surface area contributed by atoms with Crippen molar-refractivity contribution < 1.29 is 27.8 Å². The number of nitrogens with zero attached hydrogens (tertiary/aromatic N) is 2. The molecule has 0 aromatic carbocycles. The predicted octanol–water partition coefficient (Wildman–Crippen LogP) is 2.18. The second kappa shape index (κ2) is 7.83. The molecular formula is C16H21F3N2O3. The monoisotopic (exact) mass is 346 g/mol. The lowest BCUT2D eigenvalue weighted by atomic mass is 9.90. The Bertz CT molecular complexity index is 558. The SMILES string of the molecule is COc1cncc(CCC(=O)N2CCC(C(O)C(F)(F)F)CC2)c1. The number of aliphatic hydroxyl groups excluding tert-OH is 1. The predicted molar refractivity (Wildman–Crippen MR) is 80.5 cm³/mol. The Labute approximate surface area is 138 Å². The molecule has 1 unspecified atom stereocenters. The fourth-order valence-electron chi connectivity index (χ4n) is 2.85. The van der Waals surface area contributed by atoms with Gasteiger partial charge in [-0.25, -0.2) is 0 Å². The maximum absolute atomic E-state index is 12.5. The fraction of sp³-hybridized carbons (Fsp3) is 0.625. The number of halogens is 3. The molecule has 8 heteroatoms. The minimum atomic E-state index is -4.60. The Balaban J connectivity index is 1.80. The third-order valence-electron chi connectivity index (χ3n) is 4.31.